The van der Waals surface area contributed by atoms with Crippen LogP contribution in [0.3, 0.4) is 0 Å². The minimum atomic E-state index is -1.28. The summed E-state index contributed by atoms with van der Waals surface area (Å²) < 4.78 is 0. The Kier molecular flexibility index (Phi) is 2.27. The van der Waals surface area contributed by atoms with Gasteiger partial charge in [0.15, 0.2) is 5.92 Å². The van der Waals surface area contributed by atoms with Gasteiger partial charge in [0.1, 0.15) is 5.71 Å². The number of nitrogens with zero attached hydrogens (tertiary/aromatic N) is 1. The van der Waals surface area contributed by atoms with Crippen LogP contribution in [0.25, 0.3) is 0 Å². The molecule has 1 saturated heterocycles. The summed E-state index contributed by atoms with van der Waals surface area (Å²) in [7, 11) is 1.45. The van der Waals surface area contributed by atoms with Gasteiger partial charge in [-0.2, -0.15) is 5.10 Å². The molecule has 0 saturated carbocycles. The SMILES string of the molecule is CN/N=C1\C(=O)NC(=O)[C@H]1C(N)=O. The Hall–Kier alpha value is -1.92. The monoisotopic (exact) mass is 184 g/mol. The summed E-state index contributed by atoms with van der Waals surface area (Å²) in [6, 6.07) is 0. The first kappa shape index (κ1) is 9.17. The Morgan fingerprint density at radius 2 is 2.23 bits per heavy atom. The van der Waals surface area contributed by atoms with Crippen molar-refractivity contribution in [1.29, 1.82) is 0 Å². The van der Waals surface area contributed by atoms with Crippen LogP contribution in [0.1, 0.15) is 0 Å². The van der Waals surface area contributed by atoms with Gasteiger partial charge in [-0.1, -0.05) is 0 Å². The lowest BCUT2D eigenvalue weighted by atomic mass is 10.1. The van der Waals surface area contributed by atoms with E-state index in [1.54, 1.807) is 0 Å². The number of primary amides is 1. The van der Waals surface area contributed by atoms with Gasteiger partial charge in [0.25, 0.3) is 5.91 Å². The largest absolute Gasteiger partial charge is 0.369 e. The van der Waals surface area contributed by atoms with Gasteiger partial charge in [-0.05, 0) is 0 Å². The van der Waals surface area contributed by atoms with Gasteiger partial charge < -0.3 is 11.2 Å². The molecule has 1 aliphatic rings. The smallest absolute Gasteiger partial charge is 0.275 e. The topological polar surface area (TPSA) is 114 Å². The van der Waals surface area contributed by atoms with Crippen molar-refractivity contribution in [3.05, 3.63) is 0 Å². The van der Waals surface area contributed by atoms with Gasteiger partial charge in [-0.25, -0.2) is 0 Å². The average Bonchev–Trinajstić information content (AvgIpc) is 2.27. The molecule has 0 unspecified atom stereocenters. The van der Waals surface area contributed by atoms with E-state index in [2.05, 4.69) is 10.5 Å². The number of nitrogens with two attached hydrogens (primary N) is 1. The number of rotatable bonds is 2. The van der Waals surface area contributed by atoms with E-state index in [4.69, 9.17) is 5.73 Å². The van der Waals surface area contributed by atoms with Crippen LogP contribution >= 0.6 is 0 Å². The number of hydrazone groups is 1. The Bertz CT molecular complexity index is 309. The number of imide groups is 1. The standard InChI is InChI=1S/C6H8N4O3/c1-8-10-3-2(4(7)11)5(12)9-6(3)13/h2,8H,1H3,(H2,7,11)(H,9,12,13)/b10-3-/t2-/m1/s1. The van der Waals surface area contributed by atoms with Crippen molar-refractivity contribution >= 4 is 23.4 Å². The van der Waals surface area contributed by atoms with E-state index in [0.29, 0.717) is 0 Å². The zero-order valence-electron chi connectivity index (χ0n) is 6.83. The summed E-state index contributed by atoms with van der Waals surface area (Å²) in [6.45, 7) is 0. The molecule has 1 rings (SSSR count). The van der Waals surface area contributed by atoms with E-state index in [1.807, 2.05) is 5.32 Å². The third kappa shape index (κ3) is 1.48. The highest BCUT2D eigenvalue weighted by molar-refractivity contribution is 6.54. The molecule has 70 valence electrons. The maximum atomic E-state index is 11.0. The molecule has 0 aromatic carbocycles. The lowest BCUT2D eigenvalue weighted by Gasteiger charge is -1.99. The molecule has 0 spiro atoms. The number of hydrogen-bond donors (Lipinski definition) is 3. The van der Waals surface area contributed by atoms with E-state index in [1.165, 1.54) is 7.05 Å². The Balaban J connectivity index is 3.04. The van der Waals surface area contributed by atoms with Crippen LogP contribution in [0.2, 0.25) is 0 Å². The normalized spacial score (nSPS) is 24.7. The first-order valence-corrected chi connectivity index (χ1v) is 3.46. The van der Waals surface area contributed by atoms with Crippen LogP contribution in [0.4, 0.5) is 0 Å². The van der Waals surface area contributed by atoms with Crippen molar-refractivity contribution in [2.45, 2.75) is 0 Å². The van der Waals surface area contributed by atoms with Gasteiger partial charge in [-0.15, -0.1) is 0 Å². The van der Waals surface area contributed by atoms with Crippen molar-refractivity contribution < 1.29 is 14.4 Å². The molecule has 1 heterocycles. The lowest BCUT2D eigenvalue weighted by Crippen LogP contribution is -2.34. The Labute approximate surface area is 73.3 Å². The fraction of sp³-hybridized carbons (Fsp3) is 0.333. The quantitative estimate of drug-likeness (QED) is 0.246. The van der Waals surface area contributed by atoms with Gasteiger partial charge in [0.05, 0.1) is 0 Å². The van der Waals surface area contributed by atoms with E-state index in [-0.39, 0.29) is 5.71 Å². The van der Waals surface area contributed by atoms with E-state index < -0.39 is 23.6 Å². The highest BCUT2D eigenvalue weighted by Gasteiger charge is 2.42. The van der Waals surface area contributed by atoms with E-state index in [0.717, 1.165) is 0 Å². The van der Waals surface area contributed by atoms with Gasteiger partial charge in [-0.3, -0.25) is 19.7 Å². The minimum Gasteiger partial charge on any atom is -0.369 e. The van der Waals surface area contributed by atoms with E-state index >= 15 is 0 Å². The second kappa shape index (κ2) is 3.21. The predicted molar refractivity (Wildman–Crippen MR) is 42.3 cm³/mol. The molecular formula is C6H8N4O3. The molecule has 0 aliphatic carbocycles. The molecule has 4 N–H and O–H groups in total. The number of carbonyl (C=O) groups excluding carboxylic acids is 3. The molecule has 0 aromatic rings. The molecule has 1 fully saturated rings. The van der Waals surface area contributed by atoms with Gasteiger partial charge in [0.2, 0.25) is 11.8 Å². The molecular weight excluding hydrogens is 176 g/mol. The number of amides is 3. The maximum Gasteiger partial charge on any atom is 0.275 e. The molecule has 13 heavy (non-hydrogen) atoms. The highest BCUT2D eigenvalue weighted by atomic mass is 16.2. The molecule has 7 heteroatoms. The average molecular weight is 184 g/mol. The molecule has 0 aromatic heterocycles. The summed E-state index contributed by atoms with van der Waals surface area (Å²) in [4.78, 5) is 32.7. The van der Waals surface area contributed by atoms with Crippen LogP contribution in [0, 0.1) is 5.92 Å². The summed E-state index contributed by atoms with van der Waals surface area (Å²) in [6.07, 6.45) is 0. The molecule has 1 atom stereocenters. The summed E-state index contributed by atoms with van der Waals surface area (Å²) in [5.41, 5.74) is 7.03. The molecule has 0 bridgehead atoms. The second-order valence-corrected chi connectivity index (χ2v) is 2.37. The first-order chi connectivity index (χ1) is 6.07. The second-order valence-electron chi connectivity index (χ2n) is 2.37. The van der Waals surface area contributed by atoms with Crippen LogP contribution in [-0.2, 0) is 14.4 Å². The highest BCUT2D eigenvalue weighted by Crippen LogP contribution is 2.07. The number of hydrogen-bond acceptors (Lipinski definition) is 5. The van der Waals surface area contributed by atoms with Crippen LogP contribution in [0.5, 0.6) is 0 Å². The number of carbonyl (C=O) groups is 3. The molecule has 0 radical (unpaired) electrons. The van der Waals surface area contributed by atoms with Crippen LogP contribution in [-0.4, -0.2) is 30.5 Å². The Morgan fingerprint density at radius 1 is 1.62 bits per heavy atom. The van der Waals surface area contributed by atoms with Gasteiger partial charge >= 0.3 is 0 Å². The number of nitrogens with one attached hydrogen (secondary N) is 2. The van der Waals surface area contributed by atoms with Crippen molar-refractivity contribution in [3.63, 3.8) is 0 Å². The summed E-state index contributed by atoms with van der Waals surface area (Å²) in [5.74, 6) is -3.59. The lowest BCUT2D eigenvalue weighted by molar-refractivity contribution is -0.130. The van der Waals surface area contributed by atoms with Crippen LogP contribution < -0.4 is 16.5 Å². The summed E-state index contributed by atoms with van der Waals surface area (Å²) in [5, 5.41) is 5.42. The van der Waals surface area contributed by atoms with Gasteiger partial charge in [0, 0.05) is 7.05 Å². The van der Waals surface area contributed by atoms with Crippen LogP contribution in [0.15, 0.2) is 5.10 Å². The van der Waals surface area contributed by atoms with E-state index in [9.17, 15) is 14.4 Å². The third-order valence-electron chi connectivity index (χ3n) is 1.52. The fourth-order valence-corrected chi connectivity index (χ4v) is 1.00. The molecule has 3 amide bonds. The molecule has 1 aliphatic heterocycles. The van der Waals surface area contributed by atoms with Crippen molar-refractivity contribution in [2.24, 2.45) is 16.8 Å². The first-order valence-electron chi connectivity index (χ1n) is 3.46. The zero-order valence-corrected chi connectivity index (χ0v) is 6.83. The Morgan fingerprint density at radius 3 is 2.69 bits per heavy atom. The maximum absolute atomic E-state index is 11.0. The third-order valence-corrected chi connectivity index (χ3v) is 1.52. The summed E-state index contributed by atoms with van der Waals surface area (Å²) >= 11 is 0. The predicted octanol–water partition coefficient (Wildman–Crippen LogP) is -2.68. The van der Waals surface area contributed by atoms with Crippen molar-refractivity contribution in [2.75, 3.05) is 7.05 Å². The van der Waals surface area contributed by atoms with Crippen molar-refractivity contribution in [1.82, 2.24) is 10.7 Å². The fourth-order valence-electron chi connectivity index (χ4n) is 1.00. The zero-order chi connectivity index (χ0) is 10.0. The molecule has 7 nitrogen and oxygen atoms in total. The van der Waals surface area contributed by atoms with Crippen molar-refractivity contribution in [3.8, 4) is 0 Å². The minimum absolute atomic E-state index is 0.194.